The first-order valence-corrected chi connectivity index (χ1v) is 11.5. The third kappa shape index (κ3) is 4.78. The average molecular weight is 471 g/mol. The molecule has 1 aromatic carbocycles. The van der Waals surface area contributed by atoms with Gasteiger partial charge in [0.05, 0.1) is 18.2 Å². The summed E-state index contributed by atoms with van der Waals surface area (Å²) in [5.41, 5.74) is 2.84. The first-order valence-electron chi connectivity index (χ1n) is 10.7. The number of esters is 2. The summed E-state index contributed by atoms with van der Waals surface area (Å²) in [5.74, 6) is -1.17. The van der Waals surface area contributed by atoms with Crippen LogP contribution in [0, 0.1) is 11.3 Å². The number of benzene rings is 1. The van der Waals surface area contributed by atoms with Crippen LogP contribution in [-0.2, 0) is 27.1 Å². The molecule has 0 fully saturated rings. The maximum Gasteiger partial charge on any atom is 0.341 e. The van der Waals surface area contributed by atoms with Crippen LogP contribution in [-0.4, -0.2) is 36.5 Å². The summed E-state index contributed by atoms with van der Waals surface area (Å²) in [4.78, 5) is 42.5. The molecule has 9 heteroatoms. The molecule has 0 aliphatic heterocycles. The number of amides is 1. The van der Waals surface area contributed by atoms with Gasteiger partial charge in [-0.05, 0) is 54.4 Å². The van der Waals surface area contributed by atoms with Crippen molar-refractivity contribution in [3.05, 3.63) is 46.2 Å². The van der Waals surface area contributed by atoms with E-state index < -0.39 is 24.5 Å². The molecule has 1 N–H and O–H groups in total. The van der Waals surface area contributed by atoms with Crippen LogP contribution < -0.4 is 5.32 Å². The third-order valence-electron chi connectivity index (χ3n) is 6.03. The number of carbonyl (C=O) groups is 3. The number of anilines is 1. The van der Waals surface area contributed by atoms with E-state index in [-0.39, 0.29) is 11.0 Å². The van der Waals surface area contributed by atoms with Crippen molar-refractivity contribution in [1.29, 1.82) is 0 Å². The highest BCUT2D eigenvalue weighted by molar-refractivity contribution is 7.17. The van der Waals surface area contributed by atoms with Crippen molar-refractivity contribution in [2.75, 3.05) is 19.0 Å². The van der Waals surface area contributed by atoms with Crippen LogP contribution in [0.3, 0.4) is 0 Å². The van der Waals surface area contributed by atoms with Crippen molar-refractivity contribution >= 4 is 45.3 Å². The fourth-order valence-electron chi connectivity index (χ4n) is 4.09. The maximum absolute atomic E-state index is 12.6. The monoisotopic (exact) mass is 470 g/mol. The van der Waals surface area contributed by atoms with Gasteiger partial charge in [-0.1, -0.05) is 20.8 Å². The number of nitrogens with zero attached hydrogens (tertiary/aromatic N) is 1. The van der Waals surface area contributed by atoms with Crippen LogP contribution in [0.15, 0.2) is 29.0 Å². The zero-order chi connectivity index (χ0) is 23.8. The predicted octanol–water partition coefficient (Wildman–Crippen LogP) is 4.62. The van der Waals surface area contributed by atoms with Gasteiger partial charge in [0.1, 0.15) is 10.5 Å². The van der Waals surface area contributed by atoms with Crippen molar-refractivity contribution < 1.29 is 28.3 Å². The summed E-state index contributed by atoms with van der Waals surface area (Å²) >= 11 is 1.39. The molecule has 4 rings (SSSR count). The van der Waals surface area contributed by atoms with Crippen molar-refractivity contribution in [3.63, 3.8) is 0 Å². The van der Waals surface area contributed by atoms with Crippen LogP contribution in [0.2, 0.25) is 0 Å². The highest BCUT2D eigenvalue weighted by Crippen LogP contribution is 2.44. The summed E-state index contributed by atoms with van der Waals surface area (Å²) in [6.45, 7) is 6.17. The number of carbonyl (C=O) groups excluding carboxylic acids is 3. The van der Waals surface area contributed by atoms with E-state index in [1.54, 1.807) is 12.1 Å². The van der Waals surface area contributed by atoms with E-state index in [0.29, 0.717) is 27.6 Å². The van der Waals surface area contributed by atoms with E-state index in [1.807, 2.05) is 0 Å². The Hall–Kier alpha value is -3.20. The number of ether oxygens (including phenoxy) is 2. The summed E-state index contributed by atoms with van der Waals surface area (Å²) in [6, 6.07) is 4.69. The molecule has 2 heterocycles. The Morgan fingerprint density at radius 2 is 2.03 bits per heavy atom. The SMILES string of the molecule is COC(=O)c1c(NC(=O)COC(=O)c2ccc3ocnc3c2)sc2c1CCC(C(C)(C)C)C2. The van der Waals surface area contributed by atoms with Crippen LogP contribution in [0.25, 0.3) is 11.1 Å². The summed E-state index contributed by atoms with van der Waals surface area (Å²) in [6.07, 6.45) is 3.87. The molecule has 33 heavy (non-hydrogen) atoms. The van der Waals surface area contributed by atoms with Crippen molar-refractivity contribution in [3.8, 4) is 0 Å². The van der Waals surface area contributed by atoms with Gasteiger partial charge in [0.2, 0.25) is 0 Å². The number of nitrogens with one attached hydrogen (secondary N) is 1. The molecule has 174 valence electrons. The third-order valence-corrected chi connectivity index (χ3v) is 7.20. The zero-order valence-corrected chi connectivity index (χ0v) is 19.8. The van der Waals surface area contributed by atoms with E-state index >= 15 is 0 Å². The molecular formula is C24H26N2O6S. The van der Waals surface area contributed by atoms with Gasteiger partial charge in [-0.2, -0.15) is 0 Å². The summed E-state index contributed by atoms with van der Waals surface area (Å²) < 4.78 is 15.3. The molecular weight excluding hydrogens is 444 g/mol. The minimum atomic E-state index is -0.651. The van der Waals surface area contributed by atoms with Gasteiger partial charge in [-0.3, -0.25) is 4.79 Å². The van der Waals surface area contributed by atoms with Crippen molar-refractivity contribution in [2.45, 2.75) is 40.0 Å². The maximum atomic E-state index is 12.6. The van der Waals surface area contributed by atoms with Gasteiger partial charge < -0.3 is 19.2 Å². The lowest BCUT2D eigenvalue weighted by molar-refractivity contribution is -0.119. The molecule has 0 saturated carbocycles. The molecule has 3 aromatic rings. The predicted molar refractivity (Wildman–Crippen MR) is 124 cm³/mol. The van der Waals surface area contributed by atoms with Gasteiger partial charge >= 0.3 is 11.9 Å². The fraction of sp³-hybridized carbons (Fsp3) is 0.417. The first kappa shape index (κ1) is 23.0. The number of hydrogen-bond donors (Lipinski definition) is 1. The minimum absolute atomic E-state index is 0.152. The van der Waals surface area contributed by atoms with Crippen LogP contribution in [0.5, 0.6) is 0 Å². The highest BCUT2D eigenvalue weighted by atomic mass is 32.1. The lowest BCUT2D eigenvalue weighted by Crippen LogP contribution is -2.26. The van der Waals surface area contributed by atoms with Crippen molar-refractivity contribution in [2.24, 2.45) is 11.3 Å². The van der Waals surface area contributed by atoms with E-state index in [4.69, 9.17) is 13.9 Å². The molecule has 0 saturated heterocycles. The first-order chi connectivity index (χ1) is 15.7. The molecule has 1 aliphatic rings. The van der Waals surface area contributed by atoms with Gasteiger partial charge in [0.25, 0.3) is 5.91 Å². The Balaban J connectivity index is 1.46. The Bertz CT molecular complexity index is 1220. The van der Waals surface area contributed by atoms with Gasteiger partial charge in [0, 0.05) is 4.88 Å². The van der Waals surface area contributed by atoms with Crippen molar-refractivity contribution in [1.82, 2.24) is 4.98 Å². The fourth-order valence-corrected chi connectivity index (χ4v) is 5.42. The van der Waals surface area contributed by atoms with E-state index in [9.17, 15) is 14.4 Å². The normalized spacial score (nSPS) is 15.7. The van der Waals surface area contributed by atoms with E-state index in [2.05, 4.69) is 31.1 Å². The highest BCUT2D eigenvalue weighted by Gasteiger charge is 2.34. The molecule has 1 atom stereocenters. The van der Waals surface area contributed by atoms with Crippen LogP contribution >= 0.6 is 11.3 Å². The molecule has 8 nitrogen and oxygen atoms in total. The number of thiophene rings is 1. The minimum Gasteiger partial charge on any atom is -0.465 e. The van der Waals surface area contributed by atoms with E-state index in [0.717, 1.165) is 29.7 Å². The number of rotatable bonds is 5. The van der Waals surface area contributed by atoms with E-state index in [1.165, 1.54) is 30.9 Å². The summed E-state index contributed by atoms with van der Waals surface area (Å²) in [5, 5.41) is 3.18. The average Bonchev–Trinajstić information content (AvgIpc) is 3.39. The second kappa shape index (κ2) is 8.97. The van der Waals surface area contributed by atoms with Crippen LogP contribution in [0.4, 0.5) is 5.00 Å². The lowest BCUT2D eigenvalue weighted by Gasteiger charge is -2.33. The smallest absolute Gasteiger partial charge is 0.341 e. The second-order valence-electron chi connectivity index (χ2n) is 9.16. The number of hydrogen-bond acceptors (Lipinski definition) is 8. The Morgan fingerprint density at radius 3 is 2.76 bits per heavy atom. The second-order valence-corrected chi connectivity index (χ2v) is 10.3. The van der Waals surface area contributed by atoms with Gasteiger partial charge in [0.15, 0.2) is 18.6 Å². The van der Waals surface area contributed by atoms with Crippen LogP contribution in [0.1, 0.15) is 58.3 Å². The standard InChI is InChI=1S/C24H26N2O6S/c1-24(2,3)14-6-7-15-18(10-14)33-21(20(15)23(29)30-4)26-19(27)11-31-22(28)13-5-8-17-16(9-13)25-12-32-17/h5,8-9,12,14H,6-7,10-11H2,1-4H3,(H,26,27). The number of methoxy groups -OCH3 is 1. The summed E-state index contributed by atoms with van der Waals surface area (Å²) in [7, 11) is 1.33. The Labute approximate surface area is 195 Å². The lowest BCUT2D eigenvalue weighted by atomic mass is 9.72. The molecule has 0 radical (unpaired) electrons. The molecule has 0 bridgehead atoms. The molecule has 1 amide bonds. The Kier molecular flexibility index (Phi) is 6.25. The molecule has 1 aliphatic carbocycles. The quantitative estimate of drug-likeness (QED) is 0.542. The molecule has 1 unspecified atom stereocenters. The van der Waals surface area contributed by atoms with Gasteiger partial charge in [-0.15, -0.1) is 11.3 Å². The topological polar surface area (TPSA) is 108 Å². The molecule has 0 spiro atoms. The number of oxazole rings is 1. The Morgan fingerprint density at radius 1 is 1.24 bits per heavy atom. The largest absolute Gasteiger partial charge is 0.465 e. The molecule has 2 aromatic heterocycles. The van der Waals surface area contributed by atoms with Gasteiger partial charge in [-0.25, -0.2) is 14.6 Å². The number of aromatic nitrogens is 1. The number of fused-ring (bicyclic) bond motifs is 2. The zero-order valence-electron chi connectivity index (χ0n) is 19.0.